The second-order valence-corrected chi connectivity index (χ2v) is 58.0. The summed E-state index contributed by atoms with van der Waals surface area (Å²) in [5.74, 6) is 0. The van der Waals surface area contributed by atoms with Gasteiger partial charge in [-0.05, 0) is 0 Å². The molecule has 0 bridgehead atoms. The Morgan fingerprint density at radius 2 is 0.667 bits per heavy atom. The Labute approximate surface area is 239 Å². The van der Waals surface area contributed by atoms with Gasteiger partial charge >= 0.3 is 241 Å². The van der Waals surface area contributed by atoms with Gasteiger partial charge in [-0.15, -0.1) is 0 Å². The first-order valence-electron chi connectivity index (χ1n) is 12.9. The molecule has 200 valence electrons. The second-order valence-electron chi connectivity index (χ2n) is 14.6. The van der Waals surface area contributed by atoms with Crippen molar-refractivity contribution in [3.8, 4) is 0 Å². The van der Waals surface area contributed by atoms with Crippen molar-refractivity contribution in [1.82, 2.24) is 0 Å². The predicted molar refractivity (Wildman–Crippen MR) is 178 cm³/mol. The van der Waals surface area contributed by atoms with Crippen molar-refractivity contribution in [3.63, 3.8) is 0 Å². The molecule has 36 heavy (non-hydrogen) atoms. The van der Waals surface area contributed by atoms with Gasteiger partial charge in [0.1, 0.15) is 0 Å². The van der Waals surface area contributed by atoms with Crippen LogP contribution in [0, 0.1) is 13.8 Å². The van der Waals surface area contributed by atoms with Crippen molar-refractivity contribution in [3.05, 3.63) is 57.6 Å². The Bertz CT molecular complexity index is 1110. The molecule has 1 aliphatic rings. The van der Waals surface area contributed by atoms with E-state index in [-0.39, 0.29) is 21.7 Å². The average molecular weight is 685 g/mol. The Balaban J connectivity index is 2.31. The number of rotatable bonds is 2. The minimum atomic E-state index is -2.76. The van der Waals surface area contributed by atoms with Crippen molar-refractivity contribution in [1.29, 1.82) is 0 Å². The summed E-state index contributed by atoms with van der Waals surface area (Å²) in [5.41, 5.74) is 8.74. The molecule has 0 radical (unpaired) electrons. The summed E-state index contributed by atoms with van der Waals surface area (Å²) in [4.78, 5) is 0. The molecule has 1 fully saturated rings. The quantitative estimate of drug-likeness (QED) is 0.289. The maximum absolute atomic E-state index is 6.78. The van der Waals surface area contributed by atoms with Gasteiger partial charge in [0.2, 0.25) is 0 Å². The molecule has 0 nitrogen and oxygen atoms in total. The van der Waals surface area contributed by atoms with Gasteiger partial charge in [-0.2, -0.15) is 0 Å². The van der Waals surface area contributed by atoms with E-state index in [0.29, 0.717) is 0 Å². The third kappa shape index (κ3) is 6.05. The zero-order valence-electron chi connectivity index (χ0n) is 24.8. The third-order valence-electron chi connectivity index (χ3n) is 6.72. The Hall–Kier alpha value is 0.697. The van der Waals surface area contributed by atoms with Crippen LogP contribution in [0.25, 0.3) is 0 Å². The zero-order chi connectivity index (χ0) is 27.9. The van der Waals surface area contributed by atoms with Crippen molar-refractivity contribution in [2.45, 2.75) is 119 Å². The minimum absolute atomic E-state index is 0.0531. The van der Waals surface area contributed by atoms with Gasteiger partial charge < -0.3 is 0 Å². The van der Waals surface area contributed by atoms with E-state index < -0.39 is 19.1 Å². The summed E-state index contributed by atoms with van der Waals surface area (Å²) in [6.45, 7) is 32.7. The predicted octanol–water partition coefficient (Wildman–Crippen LogP) is 9.36. The van der Waals surface area contributed by atoms with Gasteiger partial charge in [0, 0.05) is 0 Å². The Morgan fingerprint density at radius 3 is 0.833 bits per heavy atom. The molecule has 1 heterocycles. The molecule has 6 heteroatoms. The Kier molecular flexibility index (Phi) is 8.38. The van der Waals surface area contributed by atoms with Gasteiger partial charge in [0.25, 0.3) is 0 Å². The molecule has 0 spiro atoms. The Morgan fingerprint density at radius 1 is 0.472 bits per heavy atom. The van der Waals surface area contributed by atoms with E-state index in [4.69, 9.17) is 20.8 Å². The van der Waals surface area contributed by atoms with Crippen LogP contribution in [0.1, 0.15) is 116 Å². The molecule has 1 saturated heterocycles. The molecule has 1 aliphatic heterocycles. The molecule has 2 aromatic carbocycles. The topological polar surface area (TPSA) is 0 Å². The number of hydrogen-bond acceptors (Lipinski definition) is 4. The van der Waals surface area contributed by atoms with Gasteiger partial charge in [-0.1, -0.05) is 0 Å². The zero-order valence-corrected chi connectivity index (χ0v) is 31.9. The van der Waals surface area contributed by atoms with Crippen molar-refractivity contribution >= 4 is 65.2 Å². The van der Waals surface area contributed by atoms with Crippen LogP contribution < -0.4 is 8.70 Å². The fourth-order valence-corrected chi connectivity index (χ4v) is 133. The fraction of sp³-hybridized carbons (Fsp3) is 0.600. The van der Waals surface area contributed by atoms with Crippen LogP contribution >= 0.6 is 37.4 Å². The van der Waals surface area contributed by atoms with Crippen molar-refractivity contribution in [2.24, 2.45) is 0 Å². The van der Waals surface area contributed by atoms with Gasteiger partial charge in [-0.25, -0.2) is 0 Å². The van der Waals surface area contributed by atoms with E-state index in [1.54, 1.807) is 0 Å². The van der Waals surface area contributed by atoms with Gasteiger partial charge in [0.05, 0.1) is 0 Å². The summed E-state index contributed by atoms with van der Waals surface area (Å²) in [6, 6.07) is 9.68. The van der Waals surface area contributed by atoms with E-state index in [9.17, 15) is 0 Å². The second kappa shape index (κ2) is 9.66. The van der Waals surface area contributed by atoms with E-state index in [2.05, 4.69) is 138 Å². The monoisotopic (exact) mass is 684 g/mol. The third-order valence-corrected chi connectivity index (χ3v) is 94.3. The van der Waals surface area contributed by atoms with Crippen LogP contribution in [-0.4, -0.2) is 19.1 Å². The molecule has 2 aromatic rings. The number of benzene rings is 2. The van der Waals surface area contributed by atoms with E-state index in [1.807, 2.05) is 0 Å². The van der Waals surface area contributed by atoms with Crippen LogP contribution in [0.2, 0.25) is 0 Å². The van der Waals surface area contributed by atoms with E-state index >= 15 is 0 Å². The molecule has 0 amide bonds. The van der Waals surface area contributed by atoms with Crippen LogP contribution in [-0.2, 0) is 21.7 Å². The standard InChI is InChI=1S/C30H46As2S4/c1-19-15-21(27(3,4)5)25(22(16-19)28(6,7)8)31(33)35-32(34,36-31)26-23(29(9,10)11)17-20(2)18-24(26)30(12,13)14/h15-18H,1-14H3. The van der Waals surface area contributed by atoms with Gasteiger partial charge in [0.15, 0.2) is 0 Å². The molecule has 0 aromatic heterocycles. The number of hydrogen-bond donors (Lipinski definition) is 0. The van der Waals surface area contributed by atoms with Gasteiger partial charge in [-0.3, -0.25) is 0 Å². The summed E-state index contributed by atoms with van der Waals surface area (Å²) >= 11 is 0. The molecule has 0 unspecified atom stereocenters. The summed E-state index contributed by atoms with van der Waals surface area (Å²) in [5, 5.41) is 0. The van der Waals surface area contributed by atoms with Crippen LogP contribution in [0.3, 0.4) is 0 Å². The first kappa shape index (κ1) is 31.2. The summed E-state index contributed by atoms with van der Waals surface area (Å²) in [6.07, 6.45) is 0. The molecular formula is C30H46As2S4. The normalized spacial score (nSPS) is 23.5. The molecule has 3 rings (SSSR count). The number of aryl methyl sites for hydroxylation is 2. The van der Waals surface area contributed by atoms with Crippen LogP contribution in [0.5, 0.6) is 0 Å². The summed E-state index contributed by atoms with van der Waals surface area (Å²) in [7, 11) is 12.3. The van der Waals surface area contributed by atoms with E-state index in [1.165, 1.54) is 42.1 Å². The first-order chi connectivity index (χ1) is 15.9. The first-order valence-corrected chi connectivity index (χ1v) is 30.7. The van der Waals surface area contributed by atoms with Crippen molar-refractivity contribution in [2.75, 3.05) is 0 Å². The van der Waals surface area contributed by atoms with E-state index in [0.717, 1.165) is 0 Å². The molecule has 0 aliphatic carbocycles. The summed E-state index contributed by atoms with van der Waals surface area (Å²) < 4.78 is 3.04. The fourth-order valence-electron chi connectivity index (χ4n) is 4.89. The average Bonchev–Trinajstić information content (AvgIpc) is 2.62. The van der Waals surface area contributed by atoms with Crippen LogP contribution in [0.15, 0.2) is 24.3 Å². The molecule has 0 N–H and O–H groups in total. The molecule has 0 saturated carbocycles. The van der Waals surface area contributed by atoms with Crippen LogP contribution in [0.4, 0.5) is 0 Å². The molecular weight excluding hydrogens is 638 g/mol. The van der Waals surface area contributed by atoms with Crippen molar-refractivity contribution < 1.29 is 0 Å². The SMILES string of the molecule is Cc1cc(C(C)(C)C)c([As]2(=S)S[As](=S)(c3c(C(C)(C)C)cc(C)cc3C(C)(C)C)S2)c(C(C)(C)C)c1. The molecule has 0 atom stereocenters. The maximum atomic E-state index is 6.78.